The number of carbonyl (C=O) groups is 1. The Bertz CT molecular complexity index is 597. The van der Waals surface area contributed by atoms with Crippen molar-refractivity contribution in [1.82, 2.24) is 10.2 Å². The minimum atomic E-state index is -0.0569. The van der Waals surface area contributed by atoms with E-state index in [2.05, 4.69) is 54.7 Å². The van der Waals surface area contributed by atoms with E-state index in [-0.39, 0.29) is 11.9 Å². The van der Waals surface area contributed by atoms with Gasteiger partial charge in [-0.1, -0.05) is 56.7 Å². The summed E-state index contributed by atoms with van der Waals surface area (Å²) in [5.74, 6) is 0.773. The number of hydrogen-bond acceptors (Lipinski definition) is 3. The molecule has 4 heteroatoms. The molecular weight excluding hydrogens is 316 g/mol. The van der Waals surface area contributed by atoms with Gasteiger partial charge in [-0.05, 0) is 30.0 Å². The molecule has 0 radical (unpaired) electrons. The molecule has 0 aliphatic heterocycles. The lowest BCUT2D eigenvalue weighted by atomic mass is 10.1. The molecule has 2 rings (SSSR count). The van der Waals surface area contributed by atoms with Crippen molar-refractivity contribution in [3.63, 3.8) is 0 Å². The number of thiophene rings is 1. The zero-order chi connectivity index (χ0) is 17.4. The van der Waals surface area contributed by atoms with E-state index >= 15 is 0 Å². The average Bonchev–Trinajstić information content (AvgIpc) is 3.12. The molecule has 2 atom stereocenters. The summed E-state index contributed by atoms with van der Waals surface area (Å²) in [6, 6.07) is 14.2. The second-order valence-electron chi connectivity index (χ2n) is 6.45. The number of nitrogens with zero attached hydrogens (tertiary/aromatic N) is 1. The summed E-state index contributed by atoms with van der Waals surface area (Å²) >= 11 is 1.68. The Labute approximate surface area is 149 Å². The van der Waals surface area contributed by atoms with Gasteiger partial charge in [0.1, 0.15) is 0 Å². The average molecular weight is 345 g/mol. The van der Waals surface area contributed by atoms with Gasteiger partial charge >= 0.3 is 0 Å². The SMILES string of the molecule is CCC(C)CN(C)CCC(=O)NC(c1ccccc1)c1cccs1. The minimum absolute atomic E-state index is 0.0569. The lowest BCUT2D eigenvalue weighted by Crippen LogP contribution is -2.33. The van der Waals surface area contributed by atoms with Gasteiger partial charge in [0.25, 0.3) is 0 Å². The number of rotatable bonds is 9. The maximum atomic E-state index is 12.4. The first-order chi connectivity index (χ1) is 11.6. The van der Waals surface area contributed by atoms with Crippen LogP contribution in [0.3, 0.4) is 0 Å². The van der Waals surface area contributed by atoms with Gasteiger partial charge in [-0.3, -0.25) is 4.79 Å². The number of benzene rings is 1. The summed E-state index contributed by atoms with van der Waals surface area (Å²) in [7, 11) is 2.09. The van der Waals surface area contributed by atoms with Gasteiger partial charge in [0.05, 0.1) is 6.04 Å². The van der Waals surface area contributed by atoms with Crippen LogP contribution >= 0.6 is 11.3 Å². The van der Waals surface area contributed by atoms with Crippen LogP contribution in [0, 0.1) is 5.92 Å². The normalized spacial score (nSPS) is 13.7. The zero-order valence-corrected chi connectivity index (χ0v) is 15.7. The van der Waals surface area contributed by atoms with Crippen LogP contribution in [-0.2, 0) is 4.79 Å². The molecule has 3 nitrogen and oxygen atoms in total. The lowest BCUT2D eigenvalue weighted by molar-refractivity contribution is -0.121. The lowest BCUT2D eigenvalue weighted by Gasteiger charge is -2.22. The number of nitrogens with one attached hydrogen (secondary N) is 1. The van der Waals surface area contributed by atoms with Crippen molar-refractivity contribution < 1.29 is 4.79 Å². The first kappa shape index (κ1) is 18.7. The Hall–Kier alpha value is -1.65. The van der Waals surface area contributed by atoms with E-state index in [4.69, 9.17) is 0 Å². The quantitative estimate of drug-likeness (QED) is 0.735. The summed E-state index contributed by atoms with van der Waals surface area (Å²) in [5.41, 5.74) is 1.13. The molecule has 1 heterocycles. The summed E-state index contributed by atoms with van der Waals surface area (Å²) in [4.78, 5) is 15.9. The van der Waals surface area contributed by atoms with Gasteiger partial charge in [0, 0.05) is 24.4 Å². The zero-order valence-electron chi connectivity index (χ0n) is 14.9. The van der Waals surface area contributed by atoms with E-state index in [9.17, 15) is 4.79 Å². The largest absolute Gasteiger partial charge is 0.344 e. The minimum Gasteiger partial charge on any atom is -0.344 e. The molecule has 1 amide bonds. The molecule has 24 heavy (non-hydrogen) atoms. The summed E-state index contributed by atoms with van der Waals surface area (Å²) in [5, 5.41) is 5.26. The maximum Gasteiger partial charge on any atom is 0.222 e. The third-order valence-electron chi connectivity index (χ3n) is 4.31. The topological polar surface area (TPSA) is 32.3 Å². The predicted molar refractivity (Wildman–Crippen MR) is 102 cm³/mol. The highest BCUT2D eigenvalue weighted by Gasteiger charge is 2.18. The number of carbonyl (C=O) groups excluding carboxylic acids is 1. The fraction of sp³-hybridized carbons (Fsp3) is 0.450. The molecule has 1 N–H and O–H groups in total. The Morgan fingerprint density at radius 1 is 1.21 bits per heavy atom. The van der Waals surface area contributed by atoms with Crippen LogP contribution in [0.2, 0.25) is 0 Å². The van der Waals surface area contributed by atoms with Gasteiger partial charge in [-0.15, -0.1) is 11.3 Å². The molecule has 2 unspecified atom stereocenters. The van der Waals surface area contributed by atoms with E-state index in [1.54, 1.807) is 11.3 Å². The summed E-state index contributed by atoms with van der Waals surface area (Å²) in [6.07, 6.45) is 1.70. The Balaban J connectivity index is 1.94. The molecule has 1 aromatic carbocycles. The monoisotopic (exact) mass is 344 g/mol. The van der Waals surface area contributed by atoms with Gasteiger partial charge in [0.2, 0.25) is 5.91 Å². The molecule has 0 fully saturated rings. The third-order valence-corrected chi connectivity index (χ3v) is 5.24. The molecular formula is C20H28N2OS. The van der Waals surface area contributed by atoms with Crippen LogP contribution < -0.4 is 5.32 Å². The van der Waals surface area contributed by atoms with E-state index in [1.807, 2.05) is 24.3 Å². The smallest absolute Gasteiger partial charge is 0.222 e. The molecule has 0 bridgehead atoms. The third kappa shape index (κ3) is 5.77. The molecule has 0 saturated heterocycles. The van der Waals surface area contributed by atoms with Gasteiger partial charge < -0.3 is 10.2 Å². The van der Waals surface area contributed by atoms with Crippen molar-refractivity contribution in [3.05, 3.63) is 58.3 Å². The van der Waals surface area contributed by atoms with Gasteiger partial charge in [-0.2, -0.15) is 0 Å². The van der Waals surface area contributed by atoms with Gasteiger partial charge in [-0.25, -0.2) is 0 Å². The standard InChI is InChI=1S/C20H28N2OS/c1-4-16(2)15-22(3)13-12-19(23)21-20(18-11-8-14-24-18)17-9-6-5-7-10-17/h5-11,14,16,20H,4,12-13,15H2,1-3H3,(H,21,23). The second kappa shape index (κ2) is 9.60. The summed E-state index contributed by atoms with van der Waals surface area (Å²) in [6.45, 7) is 6.29. The highest BCUT2D eigenvalue weighted by Crippen LogP contribution is 2.25. The fourth-order valence-electron chi connectivity index (χ4n) is 2.70. The van der Waals surface area contributed by atoms with Gasteiger partial charge in [0.15, 0.2) is 0 Å². The fourth-order valence-corrected chi connectivity index (χ4v) is 3.50. The Morgan fingerprint density at radius 2 is 1.96 bits per heavy atom. The Morgan fingerprint density at radius 3 is 2.58 bits per heavy atom. The first-order valence-corrected chi connectivity index (χ1v) is 9.54. The van der Waals surface area contributed by atoms with Crippen LogP contribution in [0.5, 0.6) is 0 Å². The molecule has 130 valence electrons. The van der Waals surface area contributed by atoms with Crippen LogP contribution in [0.15, 0.2) is 47.8 Å². The maximum absolute atomic E-state index is 12.4. The van der Waals surface area contributed by atoms with E-state index < -0.39 is 0 Å². The Kier molecular flexibility index (Phi) is 7.47. The molecule has 0 saturated carbocycles. The predicted octanol–water partition coefficient (Wildman–Crippen LogP) is 4.32. The highest BCUT2D eigenvalue weighted by atomic mass is 32.1. The van der Waals surface area contributed by atoms with E-state index in [1.165, 1.54) is 11.3 Å². The van der Waals surface area contributed by atoms with Crippen LogP contribution in [-0.4, -0.2) is 30.9 Å². The second-order valence-corrected chi connectivity index (χ2v) is 7.43. The molecule has 0 spiro atoms. The van der Waals surface area contributed by atoms with Crippen molar-refractivity contribution in [2.45, 2.75) is 32.7 Å². The van der Waals surface area contributed by atoms with Crippen LogP contribution in [0.4, 0.5) is 0 Å². The van der Waals surface area contributed by atoms with Crippen molar-refractivity contribution >= 4 is 17.2 Å². The number of amides is 1. The van der Waals surface area contributed by atoms with Crippen LogP contribution in [0.1, 0.15) is 43.2 Å². The van der Waals surface area contributed by atoms with E-state index in [0.29, 0.717) is 12.3 Å². The first-order valence-electron chi connectivity index (χ1n) is 8.66. The van der Waals surface area contributed by atoms with Crippen molar-refractivity contribution in [2.75, 3.05) is 20.1 Å². The molecule has 0 aliphatic carbocycles. The van der Waals surface area contributed by atoms with Crippen molar-refractivity contribution in [1.29, 1.82) is 0 Å². The van der Waals surface area contributed by atoms with Crippen molar-refractivity contribution in [2.24, 2.45) is 5.92 Å². The van der Waals surface area contributed by atoms with Crippen LogP contribution in [0.25, 0.3) is 0 Å². The van der Waals surface area contributed by atoms with E-state index in [0.717, 1.165) is 18.7 Å². The number of hydrogen-bond donors (Lipinski definition) is 1. The summed E-state index contributed by atoms with van der Waals surface area (Å²) < 4.78 is 0. The molecule has 1 aromatic heterocycles. The molecule has 2 aromatic rings. The van der Waals surface area contributed by atoms with Crippen molar-refractivity contribution in [3.8, 4) is 0 Å². The molecule has 0 aliphatic rings. The highest BCUT2D eigenvalue weighted by molar-refractivity contribution is 7.10.